The molecule has 5 heteroatoms. The van der Waals surface area contributed by atoms with E-state index >= 15 is 0 Å². The molecule has 0 aliphatic rings. The summed E-state index contributed by atoms with van der Waals surface area (Å²) < 4.78 is 7.72. The molecule has 168 valence electrons. The van der Waals surface area contributed by atoms with Gasteiger partial charge in [0.05, 0.1) is 6.54 Å². The zero-order valence-electron chi connectivity index (χ0n) is 18.9. The maximum atomic E-state index is 13.1. The predicted molar refractivity (Wildman–Crippen MR) is 132 cm³/mol. The largest absolute Gasteiger partial charge is 0.471 e. The topological polar surface area (TPSA) is 56.2 Å². The Morgan fingerprint density at radius 1 is 0.879 bits per heavy atom. The maximum Gasteiger partial charge on any atom is 0.262 e. The van der Waals surface area contributed by atoms with Crippen LogP contribution in [0.1, 0.15) is 46.8 Å². The van der Waals surface area contributed by atoms with Crippen LogP contribution in [0.15, 0.2) is 91.1 Å². The lowest BCUT2D eigenvalue weighted by molar-refractivity contribution is 0.102. The molecule has 0 aliphatic heterocycles. The second-order valence-electron chi connectivity index (χ2n) is 8.06. The Bertz CT molecular complexity index is 1150. The van der Waals surface area contributed by atoms with Gasteiger partial charge in [-0.3, -0.25) is 9.48 Å². The SMILES string of the molecule is CCCCc1ccc(NC(=O)c2cn(Cc3ccccc3)nc2OCc2ccccc2)cc1. The summed E-state index contributed by atoms with van der Waals surface area (Å²) in [6, 6.07) is 27.9. The molecule has 0 saturated carbocycles. The number of ether oxygens (including phenoxy) is 1. The number of benzene rings is 3. The molecule has 1 N–H and O–H groups in total. The van der Waals surface area contributed by atoms with Crippen molar-refractivity contribution in [1.82, 2.24) is 9.78 Å². The fourth-order valence-corrected chi connectivity index (χ4v) is 3.58. The lowest BCUT2D eigenvalue weighted by atomic mass is 10.1. The number of nitrogens with one attached hydrogen (secondary N) is 1. The zero-order valence-corrected chi connectivity index (χ0v) is 18.9. The third-order valence-electron chi connectivity index (χ3n) is 5.41. The van der Waals surface area contributed by atoms with Crippen LogP contribution in [0.2, 0.25) is 0 Å². The number of hydrogen-bond acceptors (Lipinski definition) is 3. The van der Waals surface area contributed by atoms with Crippen LogP contribution >= 0.6 is 0 Å². The van der Waals surface area contributed by atoms with Crippen LogP contribution in [0.5, 0.6) is 5.88 Å². The van der Waals surface area contributed by atoms with Gasteiger partial charge in [-0.2, -0.15) is 0 Å². The highest BCUT2D eigenvalue weighted by atomic mass is 16.5. The van der Waals surface area contributed by atoms with E-state index in [2.05, 4.69) is 29.5 Å². The van der Waals surface area contributed by atoms with E-state index in [9.17, 15) is 4.79 Å². The molecule has 4 aromatic rings. The molecule has 0 fully saturated rings. The number of hydrogen-bond donors (Lipinski definition) is 1. The van der Waals surface area contributed by atoms with Crippen LogP contribution < -0.4 is 10.1 Å². The van der Waals surface area contributed by atoms with Crippen molar-refractivity contribution in [3.63, 3.8) is 0 Å². The minimum atomic E-state index is -0.237. The number of carbonyl (C=O) groups excluding carboxylic acids is 1. The van der Waals surface area contributed by atoms with E-state index in [1.165, 1.54) is 5.56 Å². The Balaban J connectivity index is 1.51. The molecule has 0 bridgehead atoms. The van der Waals surface area contributed by atoms with Crippen LogP contribution in [0.4, 0.5) is 5.69 Å². The van der Waals surface area contributed by atoms with E-state index in [0.717, 1.165) is 36.1 Å². The molecule has 0 radical (unpaired) electrons. The first-order valence-corrected chi connectivity index (χ1v) is 11.4. The van der Waals surface area contributed by atoms with E-state index in [4.69, 9.17) is 4.74 Å². The number of anilines is 1. The quantitative estimate of drug-likeness (QED) is 0.325. The molecule has 0 aliphatic carbocycles. The number of aromatic nitrogens is 2. The van der Waals surface area contributed by atoms with Gasteiger partial charge >= 0.3 is 0 Å². The van der Waals surface area contributed by atoms with E-state index in [1.54, 1.807) is 10.9 Å². The molecule has 1 amide bonds. The van der Waals surface area contributed by atoms with Crippen molar-refractivity contribution < 1.29 is 9.53 Å². The summed E-state index contributed by atoms with van der Waals surface area (Å²) in [5, 5.41) is 7.55. The van der Waals surface area contributed by atoms with E-state index < -0.39 is 0 Å². The Kier molecular flexibility index (Phi) is 7.54. The molecule has 1 heterocycles. The average Bonchev–Trinajstić information content (AvgIpc) is 3.26. The molecule has 0 spiro atoms. The van der Waals surface area contributed by atoms with Crippen molar-refractivity contribution >= 4 is 11.6 Å². The van der Waals surface area contributed by atoms with Crippen LogP contribution in [0.25, 0.3) is 0 Å². The van der Waals surface area contributed by atoms with Gasteiger partial charge < -0.3 is 10.1 Å². The second-order valence-corrected chi connectivity index (χ2v) is 8.06. The molecular formula is C28H29N3O2. The second kappa shape index (κ2) is 11.1. The third-order valence-corrected chi connectivity index (χ3v) is 5.41. The van der Waals surface area contributed by atoms with Crippen molar-refractivity contribution in [3.05, 3.63) is 113 Å². The van der Waals surface area contributed by atoms with Gasteiger partial charge in [-0.05, 0) is 41.7 Å². The first kappa shape index (κ1) is 22.3. The Morgan fingerprint density at radius 3 is 2.21 bits per heavy atom. The summed E-state index contributed by atoms with van der Waals surface area (Å²) in [6.07, 6.45) is 5.12. The van der Waals surface area contributed by atoms with Gasteiger partial charge in [-0.1, -0.05) is 86.1 Å². The standard InChI is InChI=1S/C28H29N3O2/c1-2-3-10-22-15-17-25(18-16-22)29-27(32)26-20-31(19-23-11-6-4-7-12-23)30-28(26)33-21-24-13-8-5-9-14-24/h4-9,11-18,20H,2-3,10,19,21H2,1H3,(H,29,32). The smallest absolute Gasteiger partial charge is 0.262 e. The fourth-order valence-electron chi connectivity index (χ4n) is 3.58. The van der Waals surface area contributed by atoms with Crippen molar-refractivity contribution in [1.29, 1.82) is 0 Å². The number of nitrogens with zero attached hydrogens (tertiary/aromatic N) is 2. The van der Waals surface area contributed by atoms with E-state index in [-0.39, 0.29) is 5.91 Å². The Hall–Kier alpha value is -3.86. The van der Waals surface area contributed by atoms with Crippen molar-refractivity contribution in [2.24, 2.45) is 0 Å². The minimum Gasteiger partial charge on any atom is -0.471 e. The summed E-state index contributed by atoms with van der Waals surface area (Å²) in [4.78, 5) is 13.1. The first-order chi connectivity index (χ1) is 16.2. The van der Waals surface area contributed by atoms with Crippen LogP contribution in [-0.2, 0) is 19.6 Å². The molecule has 0 atom stereocenters. The lowest BCUT2D eigenvalue weighted by Crippen LogP contribution is -2.13. The number of unbranched alkanes of at least 4 members (excludes halogenated alkanes) is 1. The Labute approximate surface area is 195 Å². The molecular weight excluding hydrogens is 410 g/mol. The number of carbonyl (C=O) groups is 1. The van der Waals surface area contributed by atoms with Gasteiger partial charge in [0.15, 0.2) is 0 Å². The molecule has 0 unspecified atom stereocenters. The van der Waals surface area contributed by atoms with Crippen LogP contribution in [0.3, 0.4) is 0 Å². The average molecular weight is 440 g/mol. The first-order valence-electron chi connectivity index (χ1n) is 11.4. The molecule has 3 aromatic carbocycles. The van der Waals surface area contributed by atoms with E-state index in [0.29, 0.717) is 24.6 Å². The summed E-state index contributed by atoms with van der Waals surface area (Å²) in [5.74, 6) is 0.0885. The van der Waals surface area contributed by atoms with Crippen molar-refractivity contribution in [2.45, 2.75) is 39.3 Å². The van der Waals surface area contributed by atoms with Gasteiger partial charge in [-0.15, -0.1) is 5.10 Å². The third kappa shape index (κ3) is 6.32. The molecule has 1 aromatic heterocycles. The molecule has 5 nitrogen and oxygen atoms in total. The van der Waals surface area contributed by atoms with Gasteiger partial charge in [-0.25, -0.2) is 0 Å². The highest BCUT2D eigenvalue weighted by molar-refractivity contribution is 6.05. The van der Waals surface area contributed by atoms with Gasteiger partial charge in [0, 0.05) is 11.9 Å². The van der Waals surface area contributed by atoms with Crippen molar-refractivity contribution in [2.75, 3.05) is 5.32 Å². The number of rotatable bonds is 10. The predicted octanol–water partition coefficient (Wildman–Crippen LogP) is 6.11. The minimum absolute atomic E-state index is 0.237. The normalized spacial score (nSPS) is 10.7. The van der Waals surface area contributed by atoms with E-state index in [1.807, 2.05) is 72.8 Å². The van der Waals surface area contributed by atoms with Crippen molar-refractivity contribution in [3.8, 4) is 5.88 Å². The summed E-state index contributed by atoms with van der Waals surface area (Å²) >= 11 is 0. The molecule has 33 heavy (non-hydrogen) atoms. The van der Waals surface area contributed by atoms with Crippen LogP contribution in [-0.4, -0.2) is 15.7 Å². The fraction of sp³-hybridized carbons (Fsp3) is 0.214. The zero-order chi connectivity index (χ0) is 22.9. The highest BCUT2D eigenvalue weighted by Crippen LogP contribution is 2.21. The highest BCUT2D eigenvalue weighted by Gasteiger charge is 2.19. The summed E-state index contributed by atoms with van der Waals surface area (Å²) in [6.45, 7) is 3.08. The number of aryl methyl sites for hydroxylation is 1. The summed E-state index contributed by atoms with van der Waals surface area (Å²) in [5.41, 5.74) is 4.56. The van der Waals surface area contributed by atoms with Gasteiger partial charge in [0.2, 0.25) is 5.88 Å². The lowest BCUT2D eigenvalue weighted by Gasteiger charge is -2.08. The molecule has 4 rings (SSSR count). The van der Waals surface area contributed by atoms with Gasteiger partial charge in [0.25, 0.3) is 5.91 Å². The molecule has 0 saturated heterocycles. The monoisotopic (exact) mass is 439 g/mol. The van der Waals surface area contributed by atoms with Gasteiger partial charge in [0.1, 0.15) is 12.2 Å². The van der Waals surface area contributed by atoms with Crippen LogP contribution in [0, 0.1) is 0 Å². The maximum absolute atomic E-state index is 13.1. The summed E-state index contributed by atoms with van der Waals surface area (Å²) in [7, 11) is 0. The Morgan fingerprint density at radius 2 is 1.55 bits per heavy atom. The number of amides is 1.